The van der Waals surface area contributed by atoms with Gasteiger partial charge in [-0.25, -0.2) is 0 Å². The van der Waals surface area contributed by atoms with E-state index in [4.69, 9.17) is 23.8 Å². The van der Waals surface area contributed by atoms with Crippen molar-refractivity contribution >= 4 is 46.6 Å². The number of aromatic hydroxyl groups is 1. The lowest BCUT2D eigenvalue weighted by molar-refractivity contribution is -0.115. The second-order valence-corrected chi connectivity index (χ2v) is 5.22. The van der Waals surface area contributed by atoms with Gasteiger partial charge in [-0.2, -0.15) is 0 Å². The number of thiocarbonyl (C=S) groups is 1. The Morgan fingerprint density at radius 1 is 1.09 bits per heavy atom. The van der Waals surface area contributed by atoms with E-state index < -0.39 is 0 Å². The molecule has 6 heteroatoms. The predicted molar refractivity (Wildman–Crippen MR) is 93.0 cm³/mol. The Bertz CT molecular complexity index is 697. The normalized spacial score (nSPS) is 10.4. The van der Waals surface area contributed by atoms with E-state index in [9.17, 15) is 9.90 Å². The summed E-state index contributed by atoms with van der Waals surface area (Å²) >= 11 is 10.8. The zero-order valence-corrected chi connectivity index (χ0v) is 13.0. The lowest BCUT2D eigenvalue weighted by atomic mass is 10.2. The monoisotopic (exact) mass is 332 g/mol. The van der Waals surface area contributed by atoms with E-state index in [2.05, 4.69) is 10.6 Å². The van der Waals surface area contributed by atoms with Crippen LogP contribution in [0.25, 0.3) is 6.08 Å². The molecule has 0 bridgehead atoms. The van der Waals surface area contributed by atoms with Gasteiger partial charge in [-0.1, -0.05) is 23.7 Å². The summed E-state index contributed by atoms with van der Waals surface area (Å²) in [5, 5.41) is 15.4. The van der Waals surface area contributed by atoms with Crippen LogP contribution in [-0.2, 0) is 4.79 Å². The highest BCUT2D eigenvalue weighted by atomic mass is 35.5. The quantitative estimate of drug-likeness (QED) is 0.457. The van der Waals surface area contributed by atoms with Gasteiger partial charge in [0.05, 0.1) is 0 Å². The first-order chi connectivity index (χ1) is 10.5. The van der Waals surface area contributed by atoms with Crippen LogP contribution in [0.15, 0.2) is 54.6 Å². The number of hydrogen-bond acceptors (Lipinski definition) is 3. The van der Waals surface area contributed by atoms with Gasteiger partial charge in [0.25, 0.3) is 0 Å². The molecule has 112 valence electrons. The Hall–Kier alpha value is -2.37. The van der Waals surface area contributed by atoms with E-state index in [1.165, 1.54) is 18.2 Å². The number of rotatable bonds is 3. The molecule has 0 radical (unpaired) electrons. The van der Waals surface area contributed by atoms with Gasteiger partial charge in [-0.15, -0.1) is 0 Å². The highest BCUT2D eigenvalue weighted by molar-refractivity contribution is 7.80. The number of halogens is 1. The van der Waals surface area contributed by atoms with E-state index in [-0.39, 0.29) is 16.8 Å². The van der Waals surface area contributed by atoms with Crippen molar-refractivity contribution < 1.29 is 9.90 Å². The fourth-order valence-corrected chi connectivity index (χ4v) is 1.95. The maximum absolute atomic E-state index is 11.7. The molecule has 0 aliphatic carbocycles. The molecule has 0 saturated heterocycles. The zero-order valence-electron chi connectivity index (χ0n) is 11.4. The molecule has 2 aromatic carbocycles. The van der Waals surface area contributed by atoms with E-state index in [1.54, 1.807) is 42.5 Å². The standard InChI is InChI=1S/C16H13ClN2O2S/c17-12-4-1-11(2-5-12)3-10-15(21)19-16(22)18-13-6-8-14(20)9-7-13/h1-10,20H,(H2,18,19,21,22)/b10-3+. The van der Waals surface area contributed by atoms with E-state index in [0.29, 0.717) is 10.7 Å². The predicted octanol–water partition coefficient (Wildman–Crippen LogP) is 3.57. The lowest BCUT2D eigenvalue weighted by Gasteiger charge is -2.07. The molecule has 0 unspecified atom stereocenters. The van der Waals surface area contributed by atoms with Gasteiger partial charge in [0, 0.05) is 16.8 Å². The highest BCUT2D eigenvalue weighted by Gasteiger charge is 2.01. The molecule has 0 fully saturated rings. The number of benzene rings is 2. The molecular formula is C16H13ClN2O2S. The summed E-state index contributed by atoms with van der Waals surface area (Å²) in [7, 11) is 0. The smallest absolute Gasteiger partial charge is 0.250 e. The van der Waals surface area contributed by atoms with Gasteiger partial charge >= 0.3 is 0 Å². The molecule has 0 aliphatic heterocycles. The Morgan fingerprint density at radius 2 is 1.73 bits per heavy atom. The Balaban J connectivity index is 1.87. The van der Waals surface area contributed by atoms with Crippen molar-refractivity contribution in [1.29, 1.82) is 0 Å². The number of phenolic OH excluding ortho intramolecular Hbond substituents is 1. The maximum Gasteiger partial charge on any atom is 0.250 e. The average molecular weight is 333 g/mol. The topological polar surface area (TPSA) is 61.4 Å². The molecule has 0 aromatic heterocycles. The van der Waals surface area contributed by atoms with Crippen LogP contribution in [0.4, 0.5) is 5.69 Å². The van der Waals surface area contributed by atoms with E-state index in [1.807, 2.05) is 0 Å². The molecule has 2 aromatic rings. The first-order valence-electron chi connectivity index (χ1n) is 6.37. The molecule has 0 heterocycles. The second-order valence-electron chi connectivity index (χ2n) is 4.38. The average Bonchev–Trinajstić information content (AvgIpc) is 2.49. The summed E-state index contributed by atoms with van der Waals surface area (Å²) in [5.74, 6) is -0.183. The van der Waals surface area contributed by atoms with Crippen molar-refractivity contribution in [2.24, 2.45) is 0 Å². The molecule has 2 rings (SSSR count). The zero-order chi connectivity index (χ0) is 15.9. The van der Waals surface area contributed by atoms with Gasteiger partial charge in [0.1, 0.15) is 5.75 Å². The van der Waals surface area contributed by atoms with Crippen LogP contribution in [0.2, 0.25) is 5.02 Å². The van der Waals surface area contributed by atoms with Crippen molar-refractivity contribution in [2.75, 3.05) is 5.32 Å². The lowest BCUT2D eigenvalue weighted by Crippen LogP contribution is -2.32. The van der Waals surface area contributed by atoms with Crippen LogP contribution in [-0.4, -0.2) is 16.1 Å². The third kappa shape index (κ3) is 5.20. The number of nitrogens with one attached hydrogen (secondary N) is 2. The summed E-state index contributed by atoms with van der Waals surface area (Å²) in [5.41, 5.74) is 1.53. The minimum absolute atomic E-state index is 0.159. The third-order valence-electron chi connectivity index (χ3n) is 2.66. The van der Waals surface area contributed by atoms with Crippen LogP contribution in [0.3, 0.4) is 0 Å². The fourth-order valence-electron chi connectivity index (χ4n) is 1.61. The third-order valence-corrected chi connectivity index (χ3v) is 3.12. The van der Waals surface area contributed by atoms with Crippen molar-refractivity contribution in [3.8, 4) is 5.75 Å². The van der Waals surface area contributed by atoms with Crippen molar-refractivity contribution in [2.45, 2.75) is 0 Å². The number of anilines is 1. The van der Waals surface area contributed by atoms with Gasteiger partial charge in [-0.05, 0) is 60.3 Å². The highest BCUT2D eigenvalue weighted by Crippen LogP contribution is 2.13. The molecule has 0 spiro atoms. The minimum Gasteiger partial charge on any atom is -0.508 e. The first-order valence-corrected chi connectivity index (χ1v) is 7.16. The van der Waals surface area contributed by atoms with Crippen LogP contribution in [0.1, 0.15) is 5.56 Å². The van der Waals surface area contributed by atoms with Gasteiger partial charge in [0.2, 0.25) is 5.91 Å². The van der Waals surface area contributed by atoms with E-state index >= 15 is 0 Å². The summed E-state index contributed by atoms with van der Waals surface area (Å²) in [6.07, 6.45) is 3.04. The van der Waals surface area contributed by atoms with Crippen LogP contribution in [0.5, 0.6) is 5.75 Å². The van der Waals surface area contributed by atoms with Crippen molar-refractivity contribution in [1.82, 2.24) is 5.32 Å². The summed E-state index contributed by atoms with van der Waals surface area (Å²) in [6, 6.07) is 13.4. The Labute approximate surface area is 138 Å². The van der Waals surface area contributed by atoms with E-state index in [0.717, 1.165) is 5.56 Å². The SMILES string of the molecule is O=C(/C=C/c1ccc(Cl)cc1)NC(=S)Nc1ccc(O)cc1. The van der Waals surface area contributed by atoms with Gasteiger partial charge in [-0.3, -0.25) is 10.1 Å². The van der Waals surface area contributed by atoms with Crippen molar-refractivity contribution in [3.05, 3.63) is 65.2 Å². The maximum atomic E-state index is 11.7. The minimum atomic E-state index is -0.341. The summed E-state index contributed by atoms with van der Waals surface area (Å²) in [6.45, 7) is 0. The molecule has 1 amide bonds. The second kappa shape index (κ2) is 7.59. The molecule has 0 saturated carbocycles. The summed E-state index contributed by atoms with van der Waals surface area (Å²) < 4.78 is 0. The molecule has 3 N–H and O–H groups in total. The number of phenols is 1. The number of hydrogen-bond donors (Lipinski definition) is 3. The Morgan fingerprint density at radius 3 is 2.36 bits per heavy atom. The fraction of sp³-hybridized carbons (Fsp3) is 0. The van der Waals surface area contributed by atoms with Gasteiger partial charge in [0.15, 0.2) is 5.11 Å². The number of amides is 1. The van der Waals surface area contributed by atoms with Crippen LogP contribution < -0.4 is 10.6 Å². The molecule has 0 atom stereocenters. The van der Waals surface area contributed by atoms with Crippen LogP contribution >= 0.6 is 23.8 Å². The number of carbonyl (C=O) groups is 1. The van der Waals surface area contributed by atoms with Gasteiger partial charge < -0.3 is 10.4 Å². The van der Waals surface area contributed by atoms with Crippen LogP contribution in [0, 0.1) is 0 Å². The number of carbonyl (C=O) groups excluding carboxylic acids is 1. The largest absolute Gasteiger partial charge is 0.508 e. The molecule has 4 nitrogen and oxygen atoms in total. The first kappa shape index (κ1) is 16.0. The molecule has 22 heavy (non-hydrogen) atoms. The molecule has 0 aliphatic rings. The molecular weight excluding hydrogens is 320 g/mol. The Kier molecular flexibility index (Phi) is 5.52. The van der Waals surface area contributed by atoms with Crippen molar-refractivity contribution in [3.63, 3.8) is 0 Å². The summed E-state index contributed by atoms with van der Waals surface area (Å²) in [4.78, 5) is 11.7.